The monoisotopic (exact) mass is 538 g/mol. The van der Waals surface area contributed by atoms with Gasteiger partial charge in [-0.1, -0.05) is 108 Å². The molecule has 0 aromatic heterocycles. The van der Waals surface area contributed by atoms with Gasteiger partial charge in [0.05, 0.1) is 5.97 Å². The van der Waals surface area contributed by atoms with Crippen LogP contribution in [0.3, 0.4) is 0 Å². The van der Waals surface area contributed by atoms with Gasteiger partial charge in [-0.25, -0.2) is 4.79 Å². The normalized spacial score (nSPS) is 10.2. The van der Waals surface area contributed by atoms with Crippen LogP contribution in [0.25, 0.3) is 0 Å². The van der Waals surface area contributed by atoms with Gasteiger partial charge >= 0.3 is 43.7 Å². The first-order valence-corrected chi connectivity index (χ1v) is 13.4. The molecule has 200 valence electrons. The predicted octanol–water partition coefficient (Wildman–Crippen LogP) is 5.64. The van der Waals surface area contributed by atoms with Crippen molar-refractivity contribution in [2.24, 2.45) is 0 Å². The van der Waals surface area contributed by atoms with Crippen molar-refractivity contribution in [1.82, 2.24) is 0 Å². The van der Waals surface area contributed by atoms with Gasteiger partial charge in [-0.3, -0.25) is 0 Å². The number of phenols is 1. The predicted molar refractivity (Wildman–Crippen MR) is 145 cm³/mol. The third-order valence-corrected chi connectivity index (χ3v) is 6.19. The van der Waals surface area contributed by atoms with E-state index in [1.54, 1.807) is 18.2 Å². The molecular formula is C30H42CaO6. The molecule has 2 aromatic rings. The number of carboxylic acid groups (broad SMARTS) is 2. The number of aromatic carboxylic acids is 2. The number of benzene rings is 2. The summed E-state index contributed by atoms with van der Waals surface area (Å²) in [5, 5.41) is 40.2. The summed E-state index contributed by atoms with van der Waals surface area (Å²) in [5.74, 6) is -3.09. The van der Waals surface area contributed by atoms with E-state index < -0.39 is 17.7 Å². The number of carbonyl (C=O) groups is 2. The fourth-order valence-corrected chi connectivity index (χ4v) is 4.02. The molecule has 0 amide bonds. The summed E-state index contributed by atoms with van der Waals surface area (Å²) in [6.07, 6.45) is 16.2. The standard InChI is InChI=1S/2C15H22O3.Ca/c2*1-2-3-4-5-6-7-8-12-9-10-14(16)13(11-12)15(17)18;/h2*9-11,16H,2-8H2,1H3,(H,17,18);/q;;+2/p-2. The summed E-state index contributed by atoms with van der Waals surface area (Å²) < 4.78 is 0. The van der Waals surface area contributed by atoms with Crippen LogP contribution in [0.1, 0.15) is 123 Å². The molecule has 2 rings (SSSR count). The first-order chi connectivity index (χ1) is 17.3. The molecule has 0 atom stereocenters. The summed E-state index contributed by atoms with van der Waals surface area (Å²) >= 11 is 0. The molecule has 7 heteroatoms. The van der Waals surface area contributed by atoms with E-state index in [2.05, 4.69) is 13.8 Å². The zero-order chi connectivity index (χ0) is 26.8. The second-order valence-electron chi connectivity index (χ2n) is 9.31. The van der Waals surface area contributed by atoms with E-state index in [1.807, 2.05) is 0 Å². The van der Waals surface area contributed by atoms with E-state index in [0.29, 0.717) is 0 Å². The minimum Gasteiger partial charge on any atom is -0.872 e. The number of carboxylic acids is 2. The average Bonchev–Trinajstić information content (AvgIpc) is 2.85. The van der Waals surface area contributed by atoms with Gasteiger partial charge < -0.3 is 25.2 Å². The summed E-state index contributed by atoms with van der Waals surface area (Å²) in [5.41, 5.74) is 1.67. The zero-order valence-electron chi connectivity index (χ0n) is 22.6. The van der Waals surface area contributed by atoms with Gasteiger partial charge in [0.15, 0.2) is 0 Å². The maximum Gasteiger partial charge on any atom is 2.00 e. The molecular weight excluding hydrogens is 496 g/mol. The minimum absolute atomic E-state index is 0. The molecule has 37 heavy (non-hydrogen) atoms. The molecule has 0 heterocycles. The van der Waals surface area contributed by atoms with E-state index in [-0.39, 0.29) is 54.6 Å². The molecule has 2 N–H and O–H groups in total. The van der Waals surface area contributed by atoms with Crippen LogP contribution >= 0.6 is 0 Å². The maximum absolute atomic E-state index is 11.2. The Bertz CT molecular complexity index is 853. The number of aromatic hydroxyl groups is 1. The number of aryl methyl sites for hydroxylation is 2. The molecule has 0 radical (unpaired) electrons. The molecule has 0 saturated carbocycles. The van der Waals surface area contributed by atoms with Gasteiger partial charge in [-0.2, -0.15) is 0 Å². The number of hydrogen-bond donors (Lipinski definition) is 2. The molecule has 0 aliphatic heterocycles. The molecule has 0 saturated heterocycles. The van der Waals surface area contributed by atoms with Crippen molar-refractivity contribution >= 4 is 49.7 Å². The molecule has 2 aromatic carbocycles. The fraction of sp³-hybridized carbons (Fsp3) is 0.533. The second kappa shape index (κ2) is 21.2. The number of unbranched alkanes of at least 4 members (excludes halogenated alkanes) is 10. The van der Waals surface area contributed by atoms with Crippen LogP contribution in [-0.4, -0.2) is 59.9 Å². The molecule has 6 nitrogen and oxygen atoms in total. The van der Waals surface area contributed by atoms with Crippen molar-refractivity contribution in [1.29, 1.82) is 0 Å². The van der Waals surface area contributed by atoms with Crippen LogP contribution in [0, 0.1) is 0 Å². The van der Waals surface area contributed by atoms with E-state index in [0.717, 1.165) is 43.2 Å². The SMILES string of the molecule is CCCCCCCCc1ccc(O)c(C(=O)O)c1.CCCCCCCCc1ccc([O-])c(C(=O)[O-])c1.[Ca+2]. The summed E-state index contributed by atoms with van der Waals surface area (Å²) in [6, 6.07) is 9.31. The topological polar surface area (TPSA) is 121 Å². The van der Waals surface area contributed by atoms with E-state index in [4.69, 9.17) is 5.11 Å². The Labute approximate surface area is 252 Å². The first-order valence-electron chi connectivity index (χ1n) is 13.4. The molecule has 0 aliphatic rings. The van der Waals surface area contributed by atoms with Crippen molar-refractivity contribution in [2.75, 3.05) is 0 Å². The number of hydrogen-bond acceptors (Lipinski definition) is 5. The summed E-state index contributed by atoms with van der Waals surface area (Å²) in [6.45, 7) is 4.38. The van der Waals surface area contributed by atoms with Crippen molar-refractivity contribution < 1.29 is 30.0 Å². The zero-order valence-corrected chi connectivity index (χ0v) is 24.8. The maximum atomic E-state index is 11.2. The van der Waals surface area contributed by atoms with Gasteiger partial charge in [-0.15, -0.1) is 0 Å². The molecule has 0 aliphatic carbocycles. The van der Waals surface area contributed by atoms with Crippen molar-refractivity contribution in [3.8, 4) is 11.5 Å². The van der Waals surface area contributed by atoms with Crippen LogP contribution in [0.15, 0.2) is 36.4 Å². The Hall–Kier alpha value is -1.76. The Balaban J connectivity index is 0.000000682. The largest absolute Gasteiger partial charge is 2.00 e. The minimum atomic E-state index is -1.38. The van der Waals surface area contributed by atoms with Gasteiger partial charge in [-0.05, 0) is 54.5 Å². The Morgan fingerprint density at radius 2 is 1.14 bits per heavy atom. The molecule has 0 bridgehead atoms. The third-order valence-electron chi connectivity index (χ3n) is 6.19. The average molecular weight is 539 g/mol. The van der Waals surface area contributed by atoms with E-state index >= 15 is 0 Å². The fourth-order valence-electron chi connectivity index (χ4n) is 4.02. The van der Waals surface area contributed by atoms with Crippen molar-refractivity contribution in [3.05, 3.63) is 58.7 Å². The smallest absolute Gasteiger partial charge is 0.872 e. The van der Waals surface area contributed by atoms with E-state index in [9.17, 15) is 24.9 Å². The van der Waals surface area contributed by atoms with Crippen LogP contribution in [0.4, 0.5) is 0 Å². The Morgan fingerprint density at radius 3 is 1.59 bits per heavy atom. The number of carbonyl (C=O) groups excluding carboxylic acids is 1. The summed E-state index contributed by atoms with van der Waals surface area (Å²) in [4.78, 5) is 21.6. The number of rotatable bonds is 16. The first kappa shape index (κ1) is 35.2. The molecule has 0 fully saturated rings. The molecule has 0 unspecified atom stereocenters. The van der Waals surface area contributed by atoms with Gasteiger partial charge in [0.2, 0.25) is 0 Å². The Kier molecular flexibility index (Phi) is 20.2. The quantitative estimate of drug-likeness (QED) is 0.211. The third kappa shape index (κ3) is 15.3. The van der Waals surface area contributed by atoms with Crippen LogP contribution < -0.4 is 10.2 Å². The van der Waals surface area contributed by atoms with Gasteiger partial charge in [0, 0.05) is 0 Å². The molecule has 0 spiro atoms. The van der Waals surface area contributed by atoms with Gasteiger partial charge in [0.25, 0.3) is 0 Å². The summed E-state index contributed by atoms with van der Waals surface area (Å²) in [7, 11) is 0. The van der Waals surface area contributed by atoms with Crippen molar-refractivity contribution in [3.63, 3.8) is 0 Å². The van der Waals surface area contributed by atoms with Crippen LogP contribution in [0.5, 0.6) is 11.5 Å². The van der Waals surface area contributed by atoms with E-state index in [1.165, 1.54) is 76.0 Å². The Morgan fingerprint density at radius 1 is 0.703 bits per heavy atom. The van der Waals surface area contributed by atoms with Crippen LogP contribution in [-0.2, 0) is 12.8 Å². The van der Waals surface area contributed by atoms with Crippen molar-refractivity contribution in [2.45, 2.75) is 104 Å². The second-order valence-corrected chi connectivity index (χ2v) is 9.31. The van der Waals surface area contributed by atoms with Crippen LogP contribution in [0.2, 0.25) is 0 Å². The van der Waals surface area contributed by atoms with Gasteiger partial charge in [0.1, 0.15) is 11.3 Å².